The van der Waals surface area contributed by atoms with Crippen molar-refractivity contribution in [2.24, 2.45) is 11.8 Å². The standard InChI is InChI=1S/C27H32N4O3S/c1-34-22-12-10-21(11-13-22)29-14-16-30(17-15-29)25(32)20-8-6-19(7-9-20)18-31-26(33)23-4-2-3-5-24(23)28-27(31)35/h2-5,10-13,19-20H,6-9,14-18H2,1H3,(H,28,35). The van der Waals surface area contributed by atoms with Crippen LogP contribution in [0.1, 0.15) is 25.7 Å². The second-order valence-electron chi connectivity index (χ2n) is 9.62. The Morgan fingerprint density at radius 3 is 2.37 bits per heavy atom. The van der Waals surface area contributed by atoms with E-state index in [-0.39, 0.29) is 17.4 Å². The van der Waals surface area contributed by atoms with E-state index in [1.165, 1.54) is 5.69 Å². The zero-order valence-electron chi connectivity index (χ0n) is 20.1. The maximum absolute atomic E-state index is 13.2. The van der Waals surface area contributed by atoms with Crippen LogP contribution in [-0.4, -0.2) is 53.6 Å². The molecule has 1 saturated carbocycles. The largest absolute Gasteiger partial charge is 0.497 e. The highest BCUT2D eigenvalue weighted by atomic mass is 32.1. The molecule has 2 fully saturated rings. The average Bonchev–Trinajstić information content (AvgIpc) is 2.91. The summed E-state index contributed by atoms with van der Waals surface area (Å²) >= 11 is 5.48. The molecular weight excluding hydrogens is 460 g/mol. The highest BCUT2D eigenvalue weighted by molar-refractivity contribution is 7.71. The predicted octanol–water partition coefficient (Wildman–Crippen LogP) is 4.22. The molecule has 1 aliphatic heterocycles. The van der Waals surface area contributed by atoms with Crippen molar-refractivity contribution >= 4 is 34.7 Å². The fourth-order valence-electron chi connectivity index (χ4n) is 5.45. The van der Waals surface area contributed by atoms with Crippen LogP contribution in [0, 0.1) is 16.6 Å². The van der Waals surface area contributed by atoms with Crippen molar-refractivity contribution in [3.05, 3.63) is 63.7 Å². The van der Waals surface area contributed by atoms with E-state index in [1.54, 1.807) is 11.7 Å². The van der Waals surface area contributed by atoms with Gasteiger partial charge in [0.2, 0.25) is 5.91 Å². The number of methoxy groups -OCH3 is 1. The lowest BCUT2D eigenvalue weighted by atomic mass is 9.81. The van der Waals surface area contributed by atoms with E-state index in [9.17, 15) is 9.59 Å². The number of hydrogen-bond donors (Lipinski definition) is 1. The van der Waals surface area contributed by atoms with Crippen molar-refractivity contribution in [3.8, 4) is 5.75 Å². The average molecular weight is 493 g/mol. The lowest BCUT2D eigenvalue weighted by Gasteiger charge is -2.39. The van der Waals surface area contributed by atoms with Crippen LogP contribution in [0.15, 0.2) is 53.3 Å². The fraction of sp³-hybridized carbons (Fsp3) is 0.444. The van der Waals surface area contributed by atoms with Gasteiger partial charge < -0.3 is 19.5 Å². The molecular formula is C27H32N4O3S. The van der Waals surface area contributed by atoms with Crippen LogP contribution < -0.4 is 15.2 Å². The van der Waals surface area contributed by atoms with Gasteiger partial charge in [-0.05, 0) is 80.2 Å². The number of hydrogen-bond acceptors (Lipinski definition) is 5. The molecule has 1 saturated heterocycles. The second-order valence-corrected chi connectivity index (χ2v) is 10.0. The van der Waals surface area contributed by atoms with E-state index in [0.717, 1.165) is 63.1 Å². The molecule has 0 bridgehead atoms. The Morgan fingerprint density at radius 1 is 1.00 bits per heavy atom. The molecule has 0 radical (unpaired) electrons. The third-order valence-electron chi connectivity index (χ3n) is 7.56. The lowest BCUT2D eigenvalue weighted by molar-refractivity contribution is -0.137. The van der Waals surface area contributed by atoms with Gasteiger partial charge in [-0.25, -0.2) is 0 Å². The predicted molar refractivity (Wildman–Crippen MR) is 141 cm³/mol. The van der Waals surface area contributed by atoms with E-state index >= 15 is 0 Å². The van der Waals surface area contributed by atoms with Gasteiger partial charge >= 0.3 is 0 Å². The Hall–Kier alpha value is -3.13. The molecule has 35 heavy (non-hydrogen) atoms. The van der Waals surface area contributed by atoms with Crippen molar-refractivity contribution < 1.29 is 9.53 Å². The van der Waals surface area contributed by atoms with Crippen LogP contribution in [0.3, 0.4) is 0 Å². The molecule has 1 aromatic heterocycles. The maximum Gasteiger partial charge on any atom is 0.262 e. The number of rotatable bonds is 5. The molecule has 7 nitrogen and oxygen atoms in total. The quantitative estimate of drug-likeness (QED) is 0.540. The van der Waals surface area contributed by atoms with Gasteiger partial charge in [0.25, 0.3) is 5.56 Å². The fourth-order valence-corrected chi connectivity index (χ4v) is 5.72. The Balaban J connectivity index is 1.15. The number of anilines is 1. The smallest absolute Gasteiger partial charge is 0.262 e. The van der Waals surface area contributed by atoms with E-state index in [1.807, 2.05) is 41.3 Å². The summed E-state index contributed by atoms with van der Waals surface area (Å²) in [5.41, 5.74) is 1.91. The summed E-state index contributed by atoms with van der Waals surface area (Å²) in [6.45, 7) is 3.81. The van der Waals surface area contributed by atoms with Gasteiger partial charge in [0.1, 0.15) is 5.75 Å². The van der Waals surface area contributed by atoms with Crippen molar-refractivity contribution in [1.82, 2.24) is 14.5 Å². The number of amides is 1. The molecule has 1 amide bonds. The van der Waals surface area contributed by atoms with Crippen molar-refractivity contribution in [1.29, 1.82) is 0 Å². The van der Waals surface area contributed by atoms with Crippen molar-refractivity contribution in [2.75, 3.05) is 38.2 Å². The number of carbonyl (C=O) groups is 1. The van der Waals surface area contributed by atoms with E-state index < -0.39 is 0 Å². The highest BCUT2D eigenvalue weighted by Gasteiger charge is 2.31. The molecule has 2 aliphatic rings. The Bertz CT molecular complexity index is 1300. The third kappa shape index (κ3) is 4.98. The molecule has 2 heterocycles. The molecule has 2 aromatic carbocycles. The van der Waals surface area contributed by atoms with Gasteiger partial charge in [-0.15, -0.1) is 0 Å². The molecule has 0 atom stereocenters. The summed E-state index contributed by atoms with van der Waals surface area (Å²) in [5, 5.41) is 0.666. The summed E-state index contributed by atoms with van der Waals surface area (Å²) in [4.78, 5) is 33.7. The van der Waals surface area contributed by atoms with Gasteiger partial charge in [0.05, 0.1) is 18.0 Å². The normalized spacial score (nSPS) is 20.7. The zero-order chi connectivity index (χ0) is 24.4. The highest BCUT2D eigenvalue weighted by Crippen LogP contribution is 2.31. The van der Waals surface area contributed by atoms with Gasteiger partial charge in [-0.2, -0.15) is 0 Å². The third-order valence-corrected chi connectivity index (χ3v) is 7.88. The number of ether oxygens (including phenoxy) is 1. The van der Waals surface area contributed by atoms with Gasteiger partial charge in [0.15, 0.2) is 4.77 Å². The molecule has 0 unspecified atom stereocenters. The first-order valence-corrected chi connectivity index (χ1v) is 12.8. The molecule has 1 aliphatic carbocycles. The minimum Gasteiger partial charge on any atom is -0.497 e. The van der Waals surface area contributed by atoms with Gasteiger partial charge in [0, 0.05) is 44.3 Å². The van der Waals surface area contributed by atoms with Gasteiger partial charge in [-0.3, -0.25) is 14.2 Å². The Morgan fingerprint density at radius 2 is 1.69 bits per heavy atom. The number of nitrogens with zero attached hydrogens (tertiary/aromatic N) is 3. The zero-order valence-corrected chi connectivity index (χ0v) is 20.9. The SMILES string of the molecule is COc1ccc(N2CCN(C(=O)C3CCC(Cn4c(=S)[nH]c5ccccc5c4=O)CC3)CC2)cc1. The minimum absolute atomic E-state index is 0.0303. The van der Waals surface area contributed by atoms with Gasteiger partial charge in [-0.1, -0.05) is 12.1 Å². The molecule has 3 aromatic rings. The molecule has 8 heteroatoms. The number of aromatic nitrogens is 2. The summed E-state index contributed by atoms with van der Waals surface area (Å²) in [7, 11) is 1.67. The second kappa shape index (κ2) is 10.2. The Kier molecular flexibility index (Phi) is 6.90. The minimum atomic E-state index is -0.0303. The van der Waals surface area contributed by atoms with E-state index in [0.29, 0.717) is 22.6 Å². The van der Waals surface area contributed by atoms with Crippen molar-refractivity contribution in [2.45, 2.75) is 32.2 Å². The van der Waals surface area contributed by atoms with Crippen molar-refractivity contribution in [3.63, 3.8) is 0 Å². The summed E-state index contributed by atoms with van der Waals surface area (Å²) < 4.78 is 7.42. The number of piperazine rings is 1. The van der Waals surface area contributed by atoms with Crippen LogP contribution >= 0.6 is 12.2 Å². The van der Waals surface area contributed by atoms with Crippen LogP contribution in [-0.2, 0) is 11.3 Å². The Labute approximate surface area is 210 Å². The number of fused-ring (bicyclic) bond motifs is 1. The number of aromatic amines is 1. The molecule has 184 valence electrons. The lowest BCUT2D eigenvalue weighted by Crippen LogP contribution is -2.50. The first-order chi connectivity index (χ1) is 17.0. The number of para-hydroxylation sites is 1. The molecule has 1 N–H and O–H groups in total. The summed E-state index contributed by atoms with van der Waals surface area (Å²) in [5.74, 6) is 1.59. The number of benzene rings is 2. The first kappa shape index (κ1) is 23.6. The summed E-state index contributed by atoms with van der Waals surface area (Å²) in [6, 6.07) is 15.6. The van der Waals surface area contributed by atoms with Crippen LogP contribution in [0.2, 0.25) is 0 Å². The monoisotopic (exact) mass is 492 g/mol. The van der Waals surface area contributed by atoms with Crippen LogP contribution in [0.5, 0.6) is 5.75 Å². The topological polar surface area (TPSA) is 70.6 Å². The first-order valence-electron chi connectivity index (χ1n) is 12.4. The van der Waals surface area contributed by atoms with Crippen LogP contribution in [0.4, 0.5) is 5.69 Å². The molecule has 5 rings (SSSR count). The van der Waals surface area contributed by atoms with E-state index in [2.05, 4.69) is 22.0 Å². The molecule has 0 spiro atoms. The van der Waals surface area contributed by atoms with Crippen LogP contribution in [0.25, 0.3) is 10.9 Å². The van der Waals surface area contributed by atoms with E-state index in [4.69, 9.17) is 17.0 Å². The maximum atomic E-state index is 13.2. The number of carbonyl (C=O) groups excluding carboxylic acids is 1. The summed E-state index contributed by atoms with van der Waals surface area (Å²) in [6.07, 6.45) is 3.63. The number of H-pyrrole nitrogens is 1. The number of nitrogens with one attached hydrogen (secondary N) is 1.